The maximum atomic E-state index is 13.3. The van der Waals surface area contributed by atoms with Crippen molar-refractivity contribution in [3.8, 4) is 28.7 Å². The first-order valence-electron chi connectivity index (χ1n) is 11.6. The molecule has 0 amide bonds. The molecular formula is C27H33NO6. The molecule has 1 N–H and O–H groups in total. The molecule has 2 unspecified atom stereocenters. The third kappa shape index (κ3) is 4.44. The molecule has 7 nitrogen and oxygen atoms in total. The van der Waals surface area contributed by atoms with Crippen LogP contribution in [-0.2, 0) is 6.54 Å². The number of fused-ring (bicyclic) bond motifs is 1. The van der Waals surface area contributed by atoms with E-state index < -0.39 is 0 Å². The van der Waals surface area contributed by atoms with E-state index in [4.69, 9.17) is 18.9 Å². The number of carbonyl (C=O) groups is 1. The molecule has 2 atom stereocenters. The first-order chi connectivity index (χ1) is 16.2. The molecule has 2 aromatic rings. The molecule has 1 saturated heterocycles. The molecule has 0 aromatic heterocycles. The lowest BCUT2D eigenvalue weighted by molar-refractivity contribution is 0.101. The Morgan fingerprint density at radius 1 is 1.06 bits per heavy atom. The molecule has 2 heterocycles. The van der Waals surface area contributed by atoms with Crippen molar-refractivity contribution < 1.29 is 28.8 Å². The molecule has 34 heavy (non-hydrogen) atoms. The predicted octanol–water partition coefficient (Wildman–Crippen LogP) is 4.82. The van der Waals surface area contributed by atoms with Gasteiger partial charge in [-0.15, -0.1) is 0 Å². The Morgan fingerprint density at radius 2 is 1.68 bits per heavy atom. The average Bonchev–Trinajstić information content (AvgIpc) is 3.11. The number of carbonyl (C=O) groups excluding carboxylic acids is 1. The largest absolute Gasteiger partial charge is 0.507 e. The lowest BCUT2D eigenvalue weighted by Gasteiger charge is -2.35. The minimum absolute atomic E-state index is 0.156. The summed E-state index contributed by atoms with van der Waals surface area (Å²) >= 11 is 0. The van der Waals surface area contributed by atoms with E-state index in [0.717, 1.165) is 13.1 Å². The van der Waals surface area contributed by atoms with Gasteiger partial charge in [-0.1, -0.05) is 13.8 Å². The van der Waals surface area contributed by atoms with Gasteiger partial charge in [0.05, 0.1) is 32.5 Å². The van der Waals surface area contributed by atoms with Crippen molar-refractivity contribution in [2.75, 3.05) is 34.4 Å². The van der Waals surface area contributed by atoms with Crippen molar-refractivity contribution in [3.05, 3.63) is 46.2 Å². The van der Waals surface area contributed by atoms with Gasteiger partial charge in [-0.3, -0.25) is 9.69 Å². The zero-order valence-electron chi connectivity index (χ0n) is 20.7. The molecule has 2 aliphatic rings. The Morgan fingerprint density at radius 3 is 2.24 bits per heavy atom. The third-order valence-electron chi connectivity index (χ3n) is 6.53. The highest BCUT2D eigenvalue weighted by atomic mass is 16.5. The zero-order valence-corrected chi connectivity index (χ0v) is 20.7. The number of aromatic hydroxyl groups is 1. The molecule has 0 bridgehead atoms. The number of nitrogens with zero attached hydrogens (tertiary/aromatic N) is 1. The quantitative estimate of drug-likeness (QED) is 0.610. The molecule has 0 aliphatic carbocycles. The predicted molar refractivity (Wildman–Crippen MR) is 130 cm³/mol. The Hall–Kier alpha value is -3.19. The number of allylic oxidation sites excluding steroid dienone is 1. The Balaban J connectivity index is 1.71. The number of phenolic OH excluding ortho intramolecular Hbond substituents is 1. The lowest BCUT2D eigenvalue weighted by atomic mass is 9.91. The number of phenols is 1. The van der Waals surface area contributed by atoms with Crippen molar-refractivity contribution >= 4 is 11.9 Å². The number of hydrogen-bond donors (Lipinski definition) is 1. The highest BCUT2D eigenvalue weighted by Gasteiger charge is 2.34. The molecule has 0 spiro atoms. The number of ether oxygens (including phenoxy) is 4. The first-order valence-corrected chi connectivity index (χ1v) is 11.6. The van der Waals surface area contributed by atoms with Crippen LogP contribution < -0.4 is 18.9 Å². The van der Waals surface area contributed by atoms with Crippen LogP contribution in [0.4, 0.5) is 0 Å². The van der Waals surface area contributed by atoms with E-state index >= 15 is 0 Å². The van der Waals surface area contributed by atoms with E-state index in [1.807, 2.05) is 6.92 Å². The Kier molecular flexibility index (Phi) is 6.75. The van der Waals surface area contributed by atoms with E-state index in [2.05, 4.69) is 18.7 Å². The van der Waals surface area contributed by atoms with Crippen molar-refractivity contribution in [1.82, 2.24) is 4.90 Å². The number of rotatable bonds is 6. The molecular weight excluding hydrogens is 434 g/mol. The second-order valence-electron chi connectivity index (χ2n) is 9.43. The summed E-state index contributed by atoms with van der Waals surface area (Å²) in [7, 11) is 4.63. The summed E-state index contributed by atoms with van der Waals surface area (Å²) in [6.45, 7) is 8.76. The summed E-state index contributed by atoms with van der Waals surface area (Å²) in [6.07, 6.45) is 2.86. The molecule has 0 radical (unpaired) electrons. The van der Waals surface area contributed by atoms with E-state index in [0.29, 0.717) is 63.6 Å². The minimum Gasteiger partial charge on any atom is -0.507 e. The van der Waals surface area contributed by atoms with Gasteiger partial charge in [-0.05, 0) is 60.6 Å². The molecule has 7 heteroatoms. The van der Waals surface area contributed by atoms with E-state index in [1.165, 1.54) is 6.42 Å². The fourth-order valence-electron chi connectivity index (χ4n) is 5.21. The van der Waals surface area contributed by atoms with E-state index in [-0.39, 0.29) is 17.3 Å². The number of hydrogen-bond acceptors (Lipinski definition) is 7. The Bertz CT molecular complexity index is 1100. The topological polar surface area (TPSA) is 77.5 Å². The second kappa shape index (κ2) is 9.58. The van der Waals surface area contributed by atoms with Crippen LogP contribution in [0.1, 0.15) is 47.3 Å². The highest BCUT2D eigenvalue weighted by molar-refractivity contribution is 6.16. The van der Waals surface area contributed by atoms with Crippen LogP contribution >= 0.6 is 0 Å². The summed E-state index contributed by atoms with van der Waals surface area (Å²) in [6, 6.07) is 5.18. The number of benzene rings is 2. The average molecular weight is 468 g/mol. The fourth-order valence-corrected chi connectivity index (χ4v) is 5.21. The SMILES string of the molecule is COc1cc(/C=C2/Oc3c(CN4CC(C)CC(C)C4)c(O)cc(C)c3C2=O)cc(OC)c1OC. The zero-order chi connectivity index (χ0) is 24.6. The van der Waals surface area contributed by atoms with Crippen LogP contribution in [0.15, 0.2) is 24.0 Å². The summed E-state index contributed by atoms with van der Waals surface area (Å²) in [4.78, 5) is 15.7. The van der Waals surface area contributed by atoms with Crippen molar-refractivity contribution in [2.45, 2.75) is 33.7 Å². The van der Waals surface area contributed by atoms with Gasteiger partial charge in [0.25, 0.3) is 0 Å². The van der Waals surface area contributed by atoms with Gasteiger partial charge >= 0.3 is 0 Å². The van der Waals surface area contributed by atoms with E-state index in [1.54, 1.807) is 45.6 Å². The van der Waals surface area contributed by atoms with Crippen LogP contribution in [0.2, 0.25) is 0 Å². The summed E-state index contributed by atoms with van der Waals surface area (Å²) in [5, 5.41) is 10.8. The monoisotopic (exact) mass is 467 g/mol. The van der Waals surface area contributed by atoms with Gasteiger partial charge in [0.15, 0.2) is 17.3 Å². The van der Waals surface area contributed by atoms with Gasteiger partial charge in [-0.25, -0.2) is 0 Å². The molecule has 1 fully saturated rings. The summed E-state index contributed by atoms with van der Waals surface area (Å²) in [5.74, 6) is 3.21. The maximum absolute atomic E-state index is 13.3. The number of piperidine rings is 1. The molecule has 0 saturated carbocycles. The van der Waals surface area contributed by atoms with Gasteiger partial charge in [0.2, 0.25) is 11.5 Å². The van der Waals surface area contributed by atoms with E-state index in [9.17, 15) is 9.90 Å². The van der Waals surface area contributed by atoms with Gasteiger partial charge in [0, 0.05) is 19.6 Å². The normalized spacial score (nSPS) is 21.4. The number of aryl methyl sites for hydroxylation is 1. The van der Waals surface area contributed by atoms with Crippen LogP contribution in [0, 0.1) is 18.8 Å². The minimum atomic E-state index is -0.206. The van der Waals surface area contributed by atoms with Crippen LogP contribution in [0.3, 0.4) is 0 Å². The van der Waals surface area contributed by atoms with Gasteiger partial charge in [-0.2, -0.15) is 0 Å². The summed E-state index contributed by atoms with van der Waals surface area (Å²) < 4.78 is 22.4. The van der Waals surface area contributed by atoms with Crippen LogP contribution in [0.25, 0.3) is 6.08 Å². The number of likely N-dealkylation sites (tertiary alicyclic amines) is 1. The van der Waals surface area contributed by atoms with Gasteiger partial charge < -0.3 is 24.1 Å². The molecule has 2 aromatic carbocycles. The smallest absolute Gasteiger partial charge is 0.232 e. The first kappa shape index (κ1) is 24.0. The van der Waals surface area contributed by atoms with Crippen molar-refractivity contribution in [3.63, 3.8) is 0 Å². The van der Waals surface area contributed by atoms with Crippen molar-refractivity contribution in [1.29, 1.82) is 0 Å². The number of ketones is 1. The maximum Gasteiger partial charge on any atom is 0.232 e. The molecule has 2 aliphatic heterocycles. The highest BCUT2D eigenvalue weighted by Crippen LogP contribution is 2.44. The Labute approximate surface area is 200 Å². The fraction of sp³-hybridized carbons (Fsp3) is 0.444. The third-order valence-corrected chi connectivity index (χ3v) is 6.53. The number of Topliss-reactive ketones (excluding diaryl/α,β-unsaturated/α-hetero) is 1. The van der Waals surface area contributed by atoms with Crippen molar-refractivity contribution in [2.24, 2.45) is 11.8 Å². The molecule has 4 rings (SSSR count). The lowest BCUT2D eigenvalue weighted by Crippen LogP contribution is -2.38. The number of methoxy groups -OCH3 is 3. The molecule has 182 valence electrons. The second-order valence-corrected chi connectivity index (χ2v) is 9.43. The standard InChI is InChI=1S/C27H33NO6/c1-15-7-16(2)13-28(12-15)14-19-20(29)8-17(3)24-25(30)21(34-26(19)24)9-18-10-22(31-4)27(33-6)23(11-18)32-5/h8-11,15-16,29H,7,12-14H2,1-6H3/b21-9+. The van der Waals surface area contributed by atoms with Crippen LogP contribution in [0.5, 0.6) is 28.7 Å². The van der Waals surface area contributed by atoms with Gasteiger partial charge in [0.1, 0.15) is 11.5 Å². The van der Waals surface area contributed by atoms with Crippen LogP contribution in [-0.4, -0.2) is 50.2 Å². The summed E-state index contributed by atoms with van der Waals surface area (Å²) in [5.41, 5.74) is 2.52.